The molecule has 1 aliphatic rings. The Morgan fingerprint density at radius 1 is 1.19 bits per heavy atom. The van der Waals surface area contributed by atoms with Crippen LogP contribution in [-0.4, -0.2) is 16.7 Å². The summed E-state index contributed by atoms with van der Waals surface area (Å²) in [6, 6.07) is 8.40. The van der Waals surface area contributed by atoms with E-state index in [4.69, 9.17) is 0 Å². The van der Waals surface area contributed by atoms with E-state index in [1.165, 1.54) is 29.3 Å². The highest BCUT2D eigenvalue weighted by atomic mass is 15.2. The molecule has 0 saturated heterocycles. The molecule has 0 spiro atoms. The van der Waals surface area contributed by atoms with Crippen molar-refractivity contribution in [3.05, 3.63) is 30.0 Å². The molecule has 0 unspecified atom stereocenters. The first-order valence-corrected chi connectivity index (χ1v) is 5.89. The average molecular weight is 213 g/mol. The molecule has 1 aromatic heterocycles. The molecular formula is C13H15N3. The maximum atomic E-state index is 4.37. The van der Waals surface area contributed by atoms with Gasteiger partial charge in [-0.25, -0.2) is 0 Å². The molecule has 1 aliphatic carbocycles. The van der Waals surface area contributed by atoms with Gasteiger partial charge in [0, 0.05) is 23.2 Å². The van der Waals surface area contributed by atoms with Crippen molar-refractivity contribution in [1.82, 2.24) is 10.2 Å². The standard InChI is InChI=1S/C13H15N3/c1-2-14-13-11-6-4-3-5-10(11)12(15-16-13)9-7-8-9/h3-6,9H,2,7-8H2,1H3,(H,14,16). The van der Waals surface area contributed by atoms with E-state index in [9.17, 15) is 0 Å². The number of rotatable bonds is 3. The molecule has 2 aromatic rings. The highest BCUT2D eigenvalue weighted by Gasteiger charge is 2.27. The summed E-state index contributed by atoms with van der Waals surface area (Å²) >= 11 is 0. The molecule has 1 fully saturated rings. The molecule has 0 amide bonds. The topological polar surface area (TPSA) is 37.8 Å². The van der Waals surface area contributed by atoms with Crippen LogP contribution in [-0.2, 0) is 0 Å². The van der Waals surface area contributed by atoms with Crippen LogP contribution in [0.1, 0.15) is 31.4 Å². The second kappa shape index (κ2) is 3.74. The lowest BCUT2D eigenvalue weighted by atomic mass is 10.1. The minimum absolute atomic E-state index is 0.646. The summed E-state index contributed by atoms with van der Waals surface area (Å²) in [6.45, 7) is 2.95. The molecule has 0 bridgehead atoms. The minimum Gasteiger partial charge on any atom is -0.368 e. The number of benzene rings is 1. The molecule has 3 rings (SSSR count). The van der Waals surface area contributed by atoms with Crippen LogP contribution in [0.25, 0.3) is 10.8 Å². The lowest BCUT2D eigenvalue weighted by Crippen LogP contribution is -2.03. The van der Waals surface area contributed by atoms with Crippen LogP contribution >= 0.6 is 0 Å². The lowest BCUT2D eigenvalue weighted by molar-refractivity contribution is 0.928. The van der Waals surface area contributed by atoms with E-state index < -0.39 is 0 Å². The Hall–Kier alpha value is -1.64. The van der Waals surface area contributed by atoms with Crippen LogP contribution in [0.5, 0.6) is 0 Å². The number of hydrogen-bond donors (Lipinski definition) is 1. The van der Waals surface area contributed by atoms with Gasteiger partial charge < -0.3 is 5.32 Å². The number of nitrogens with zero attached hydrogens (tertiary/aromatic N) is 2. The Morgan fingerprint density at radius 3 is 2.62 bits per heavy atom. The number of hydrogen-bond acceptors (Lipinski definition) is 3. The monoisotopic (exact) mass is 213 g/mol. The number of anilines is 1. The van der Waals surface area contributed by atoms with Gasteiger partial charge in [-0.05, 0) is 19.8 Å². The van der Waals surface area contributed by atoms with Gasteiger partial charge in [-0.15, -0.1) is 5.10 Å². The molecule has 0 radical (unpaired) electrons. The first kappa shape index (κ1) is 9.58. The van der Waals surface area contributed by atoms with E-state index in [0.29, 0.717) is 5.92 Å². The maximum Gasteiger partial charge on any atom is 0.156 e. The van der Waals surface area contributed by atoms with Gasteiger partial charge in [0.15, 0.2) is 5.82 Å². The third-order valence-electron chi connectivity index (χ3n) is 3.02. The van der Waals surface area contributed by atoms with Crippen molar-refractivity contribution in [2.75, 3.05) is 11.9 Å². The third kappa shape index (κ3) is 1.52. The van der Waals surface area contributed by atoms with E-state index >= 15 is 0 Å². The second-order valence-electron chi connectivity index (χ2n) is 4.28. The molecule has 1 heterocycles. The van der Waals surface area contributed by atoms with Crippen LogP contribution in [0, 0.1) is 0 Å². The minimum atomic E-state index is 0.646. The average Bonchev–Trinajstić information content (AvgIpc) is 3.14. The number of fused-ring (bicyclic) bond motifs is 1. The summed E-state index contributed by atoms with van der Waals surface area (Å²) < 4.78 is 0. The van der Waals surface area contributed by atoms with Gasteiger partial charge in [-0.1, -0.05) is 24.3 Å². The van der Waals surface area contributed by atoms with Gasteiger partial charge in [-0.3, -0.25) is 0 Å². The molecule has 16 heavy (non-hydrogen) atoms. The zero-order valence-corrected chi connectivity index (χ0v) is 9.40. The smallest absolute Gasteiger partial charge is 0.156 e. The van der Waals surface area contributed by atoms with Crippen molar-refractivity contribution >= 4 is 16.6 Å². The van der Waals surface area contributed by atoms with Crippen molar-refractivity contribution < 1.29 is 0 Å². The molecule has 3 heteroatoms. The number of aromatic nitrogens is 2. The van der Waals surface area contributed by atoms with Gasteiger partial charge in [-0.2, -0.15) is 5.10 Å². The van der Waals surface area contributed by atoms with E-state index in [1.54, 1.807) is 0 Å². The van der Waals surface area contributed by atoms with E-state index in [-0.39, 0.29) is 0 Å². The molecule has 82 valence electrons. The molecule has 1 saturated carbocycles. The fourth-order valence-corrected chi connectivity index (χ4v) is 2.08. The molecule has 3 nitrogen and oxygen atoms in total. The Morgan fingerprint density at radius 2 is 1.94 bits per heavy atom. The summed E-state index contributed by atoms with van der Waals surface area (Å²) in [5.41, 5.74) is 1.18. The summed E-state index contributed by atoms with van der Waals surface area (Å²) in [5.74, 6) is 1.55. The van der Waals surface area contributed by atoms with Crippen LogP contribution in [0.15, 0.2) is 24.3 Å². The van der Waals surface area contributed by atoms with Gasteiger partial charge >= 0.3 is 0 Å². The van der Waals surface area contributed by atoms with Crippen molar-refractivity contribution in [2.45, 2.75) is 25.7 Å². The van der Waals surface area contributed by atoms with Crippen LogP contribution in [0.4, 0.5) is 5.82 Å². The Bertz CT molecular complexity index is 518. The van der Waals surface area contributed by atoms with Gasteiger partial charge in [0.1, 0.15) is 0 Å². The van der Waals surface area contributed by atoms with E-state index in [1.807, 2.05) is 0 Å². The first-order valence-electron chi connectivity index (χ1n) is 5.89. The summed E-state index contributed by atoms with van der Waals surface area (Å²) in [4.78, 5) is 0. The van der Waals surface area contributed by atoms with Crippen molar-refractivity contribution in [1.29, 1.82) is 0 Å². The van der Waals surface area contributed by atoms with Gasteiger partial charge in [0.25, 0.3) is 0 Å². The van der Waals surface area contributed by atoms with Gasteiger partial charge in [0.2, 0.25) is 0 Å². The molecule has 1 N–H and O–H groups in total. The molecule has 0 aliphatic heterocycles. The Labute approximate surface area is 94.9 Å². The molecule has 0 atom stereocenters. The normalized spacial score (nSPS) is 15.3. The van der Waals surface area contributed by atoms with Crippen LogP contribution in [0.2, 0.25) is 0 Å². The second-order valence-corrected chi connectivity index (χ2v) is 4.28. The fourth-order valence-electron chi connectivity index (χ4n) is 2.08. The first-order chi connectivity index (χ1) is 7.90. The van der Waals surface area contributed by atoms with Crippen molar-refractivity contribution in [3.8, 4) is 0 Å². The predicted octanol–water partition coefficient (Wildman–Crippen LogP) is 2.94. The Kier molecular flexibility index (Phi) is 2.24. The zero-order chi connectivity index (χ0) is 11.0. The van der Waals surface area contributed by atoms with Crippen molar-refractivity contribution in [3.63, 3.8) is 0 Å². The van der Waals surface area contributed by atoms with Crippen LogP contribution in [0.3, 0.4) is 0 Å². The highest BCUT2D eigenvalue weighted by molar-refractivity contribution is 5.93. The number of nitrogens with one attached hydrogen (secondary N) is 1. The quantitative estimate of drug-likeness (QED) is 0.851. The third-order valence-corrected chi connectivity index (χ3v) is 3.02. The molecule has 1 aromatic carbocycles. The fraction of sp³-hybridized carbons (Fsp3) is 0.385. The van der Waals surface area contributed by atoms with Crippen molar-refractivity contribution in [2.24, 2.45) is 0 Å². The maximum absolute atomic E-state index is 4.37. The van der Waals surface area contributed by atoms with Crippen LogP contribution < -0.4 is 5.32 Å². The highest BCUT2D eigenvalue weighted by Crippen LogP contribution is 2.42. The summed E-state index contributed by atoms with van der Waals surface area (Å²) in [6.07, 6.45) is 2.53. The van der Waals surface area contributed by atoms with Gasteiger partial charge in [0.05, 0.1) is 5.69 Å². The SMILES string of the molecule is CCNc1nnc(C2CC2)c2ccccc12. The summed E-state index contributed by atoms with van der Waals surface area (Å²) in [7, 11) is 0. The summed E-state index contributed by atoms with van der Waals surface area (Å²) in [5, 5.41) is 14.4. The lowest BCUT2D eigenvalue weighted by Gasteiger charge is -2.08. The predicted molar refractivity (Wildman–Crippen MR) is 65.7 cm³/mol. The zero-order valence-electron chi connectivity index (χ0n) is 9.40. The Balaban J connectivity index is 2.20. The van der Waals surface area contributed by atoms with E-state index in [2.05, 4.69) is 46.7 Å². The molecular weight excluding hydrogens is 198 g/mol. The van der Waals surface area contributed by atoms with E-state index in [0.717, 1.165) is 12.4 Å². The largest absolute Gasteiger partial charge is 0.368 e.